The van der Waals surface area contributed by atoms with Gasteiger partial charge in [0.25, 0.3) is 5.91 Å². The molecule has 5 heteroatoms. The third-order valence-electron chi connectivity index (χ3n) is 5.61. The number of benzene rings is 1. The van der Waals surface area contributed by atoms with Crippen molar-refractivity contribution in [3.63, 3.8) is 0 Å². The summed E-state index contributed by atoms with van der Waals surface area (Å²) >= 11 is 0. The van der Waals surface area contributed by atoms with Gasteiger partial charge in [0.15, 0.2) is 0 Å². The van der Waals surface area contributed by atoms with E-state index in [0.29, 0.717) is 17.5 Å². The van der Waals surface area contributed by atoms with Gasteiger partial charge in [0, 0.05) is 51.0 Å². The summed E-state index contributed by atoms with van der Waals surface area (Å²) in [4.78, 5) is 26.1. The first kappa shape index (κ1) is 17.2. The number of nitrogens with zero attached hydrogens (tertiary/aromatic N) is 4. The number of fused-ring (bicyclic) bond motifs is 4. The highest BCUT2D eigenvalue weighted by Gasteiger charge is 2.36. The molecule has 0 spiro atoms. The Morgan fingerprint density at radius 3 is 2.58 bits per heavy atom. The summed E-state index contributed by atoms with van der Waals surface area (Å²) in [6.07, 6.45) is 6.54. The largest absolute Gasteiger partial charge is 0.337 e. The minimum absolute atomic E-state index is 0.0751. The van der Waals surface area contributed by atoms with Gasteiger partial charge in [0.1, 0.15) is 5.82 Å². The van der Waals surface area contributed by atoms with E-state index in [1.807, 2.05) is 11.8 Å². The van der Waals surface area contributed by atoms with Crippen LogP contribution in [0.15, 0.2) is 42.7 Å². The van der Waals surface area contributed by atoms with E-state index < -0.39 is 0 Å². The van der Waals surface area contributed by atoms with Crippen molar-refractivity contribution in [1.82, 2.24) is 19.8 Å². The molecule has 0 radical (unpaired) electrons. The average molecular weight is 350 g/mol. The second-order valence-corrected chi connectivity index (χ2v) is 7.46. The molecule has 3 aliphatic heterocycles. The van der Waals surface area contributed by atoms with Crippen LogP contribution in [0.1, 0.15) is 41.5 Å². The van der Waals surface area contributed by atoms with Crippen LogP contribution in [0.4, 0.5) is 0 Å². The SMILES string of the molecule is CCc1ncc(C(=O)N2C[C@H]3CC[C@@H](C2)N(Cc2ccccc2)C3)cn1. The second-order valence-electron chi connectivity index (χ2n) is 7.46. The van der Waals surface area contributed by atoms with Crippen LogP contribution >= 0.6 is 0 Å². The zero-order valence-electron chi connectivity index (χ0n) is 15.3. The molecule has 1 aromatic heterocycles. The van der Waals surface area contributed by atoms with E-state index in [1.54, 1.807) is 12.4 Å². The molecule has 1 aromatic carbocycles. The van der Waals surface area contributed by atoms with Gasteiger partial charge in [-0.1, -0.05) is 37.3 Å². The molecular formula is C21H26N4O. The zero-order valence-corrected chi connectivity index (χ0v) is 15.3. The molecule has 0 saturated carbocycles. The van der Waals surface area contributed by atoms with Gasteiger partial charge in [-0.05, 0) is 24.3 Å². The van der Waals surface area contributed by atoms with Crippen LogP contribution < -0.4 is 0 Å². The highest BCUT2D eigenvalue weighted by Crippen LogP contribution is 2.29. The maximum atomic E-state index is 13.0. The highest BCUT2D eigenvalue weighted by molar-refractivity contribution is 5.93. The van der Waals surface area contributed by atoms with Gasteiger partial charge in [0.05, 0.1) is 5.56 Å². The van der Waals surface area contributed by atoms with Crippen molar-refractivity contribution >= 4 is 5.91 Å². The van der Waals surface area contributed by atoms with Crippen molar-refractivity contribution in [1.29, 1.82) is 0 Å². The summed E-state index contributed by atoms with van der Waals surface area (Å²) in [5.74, 6) is 1.41. The topological polar surface area (TPSA) is 49.3 Å². The fraction of sp³-hybridized carbons (Fsp3) is 0.476. The van der Waals surface area contributed by atoms with Crippen molar-refractivity contribution in [2.45, 2.75) is 38.8 Å². The first-order valence-corrected chi connectivity index (χ1v) is 9.61. The Kier molecular flexibility index (Phi) is 4.98. The molecule has 5 rings (SSSR count). The standard InChI is InChI=1S/C21H26N4O/c1-2-20-22-10-18(11-23-20)21(26)25-14-17-8-9-19(15-25)24(13-17)12-16-6-4-3-5-7-16/h3-7,10-11,17,19H,2,8-9,12-15H2,1H3/t17-,19-/m0/s1. The third-order valence-corrected chi connectivity index (χ3v) is 5.61. The zero-order chi connectivity index (χ0) is 17.9. The number of aryl methyl sites for hydroxylation is 1. The number of carbonyl (C=O) groups excluding carboxylic acids is 1. The molecule has 0 unspecified atom stereocenters. The van der Waals surface area contributed by atoms with E-state index >= 15 is 0 Å². The Morgan fingerprint density at radius 1 is 1.08 bits per heavy atom. The molecular weight excluding hydrogens is 324 g/mol. The van der Waals surface area contributed by atoms with E-state index in [4.69, 9.17) is 0 Å². The lowest BCUT2D eigenvalue weighted by atomic mass is 9.94. The predicted octanol–water partition coefficient (Wildman–Crippen LogP) is 2.78. The maximum absolute atomic E-state index is 13.0. The van der Waals surface area contributed by atoms with Crippen molar-refractivity contribution in [2.75, 3.05) is 19.6 Å². The summed E-state index contributed by atoms with van der Waals surface area (Å²) in [5.41, 5.74) is 1.96. The van der Waals surface area contributed by atoms with E-state index in [-0.39, 0.29) is 5.91 Å². The van der Waals surface area contributed by atoms with Crippen molar-refractivity contribution in [3.05, 3.63) is 59.7 Å². The molecule has 3 aliphatic rings. The van der Waals surface area contributed by atoms with Crippen molar-refractivity contribution in [3.8, 4) is 0 Å². The van der Waals surface area contributed by atoms with Crippen LogP contribution in [-0.2, 0) is 13.0 Å². The summed E-state index contributed by atoms with van der Waals surface area (Å²) in [7, 11) is 0. The monoisotopic (exact) mass is 350 g/mol. The van der Waals surface area contributed by atoms with E-state index in [9.17, 15) is 4.79 Å². The third kappa shape index (κ3) is 3.63. The Morgan fingerprint density at radius 2 is 1.85 bits per heavy atom. The number of aromatic nitrogens is 2. The highest BCUT2D eigenvalue weighted by atomic mass is 16.2. The summed E-state index contributed by atoms with van der Waals surface area (Å²) in [6.45, 7) is 5.71. The quantitative estimate of drug-likeness (QED) is 0.851. The molecule has 0 aliphatic carbocycles. The van der Waals surface area contributed by atoms with Gasteiger partial charge >= 0.3 is 0 Å². The van der Waals surface area contributed by atoms with Crippen LogP contribution in [0.3, 0.4) is 0 Å². The molecule has 2 aromatic rings. The van der Waals surface area contributed by atoms with Crippen LogP contribution in [0.25, 0.3) is 0 Å². The fourth-order valence-electron chi connectivity index (χ4n) is 4.19. The van der Waals surface area contributed by atoms with Crippen LogP contribution in [0, 0.1) is 5.92 Å². The lowest BCUT2D eigenvalue weighted by Gasteiger charge is -2.36. The molecule has 2 atom stereocenters. The van der Waals surface area contributed by atoms with E-state index in [0.717, 1.165) is 38.4 Å². The van der Waals surface area contributed by atoms with Crippen LogP contribution in [-0.4, -0.2) is 51.4 Å². The Bertz CT molecular complexity index is 746. The molecule has 1 amide bonds. The van der Waals surface area contributed by atoms with Gasteiger partial charge in [-0.2, -0.15) is 0 Å². The van der Waals surface area contributed by atoms with Gasteiger partial charge in [0.2, 0.25) is 0 Å². The number of carbonyl (C=O) groups is 1. The van der Waals surface area contributed by atoms with Gasteiger partial charge in [-0.15, -0.1) is 0 Å². The maximum Gasteiger partial charge on any atom is 0.257 e. The summed E-state index contributed by atoms with van der Waals surface area (Å²) in [6, 6.07) is 11.1. The smallest absolute Gasteiger partial charge is 0.257 e. The lowest BCUT2D eigenvalue weighted by Crippen LogP contribution is -2.43. The number of hydrogen-bond acceptors (Lipinski definition) is 4. The van der Waals surface area contributed by atoms with E-state index in [1.165, 1.54) is 18.4 Å². The van der Waals surface area contributed by atoms with Crippen LogP contribution in [0.2, 0.25) is 0 Å². The Balaban J connectivity index is 1.47. The minimum Gasteiger partial charge on any atom is -0.337 e. The van der Waals surface area contributed by atoms with Crippen molar-refractivity contribution in [2.24, 2.45) is 5.92 Å². The number of piperidine rings is 1. The van der Waals surface area contributed by atoms with E-state index in [2.05, 4.69) is 45.2 Å². The molecule has 4 heterocycles. The second kappa shape index (κ2) is 7.54. The first-order chi connectivity index (χ1) is 12.7. The fourth-order valence-corrected chi connectivity index (χ4v) is 4.19. The molecule has 2 bridgehead atoms. The van der Waals surface area contributed by atoms with Gasteiger partial charge in [-0.25, -0.2) is 9.97 Å². The number of rotatable bonds is 4. The normalized spacial score (nSPS) is 23.0. The molecule has 5 nitrogen and oxygen atoms in total. The molecule has 3 fully saturated rings. The van der Waals surface area contributed by atoms with Gasteiger partial charge < -0.3 is 4.90 Å². The Labute approximate surface area is 155 Å². The Hall–Kier alpha value is -2.27. The summed E-state index contributed by atoms with van der Waals surface area (Å²) < 4.78 is 0. The van der Waals surface area contributed by atoms with Crippen LogP contribution in [0.5, 0.6) is 0 Å². The van der Waals surface area contributed by atoms with Gasteiger partial charge in [-0.3, -0.25) is 9.69 Å². The van der Waals surface area contributed by atoms with Crippen molar-refractivity contribution < 1.29 is 4.79 Å². The first-order valence-electron chi connectivity index (χ1n) is 9.61. The number of hydrogen-bond donors (Lipinski definition) is 0. The molecule has 26 heavy (non-hydrogen) atoms. The predicted molar refractivity (Wildman–Crippen MR) is 101 cm³/mol. The summed E-state index contributed by atoms with van der Waals surface area (Å²) in [5, 5.41) is 0. The molecule has 0 N–H and O–H groups in total. The average Bonchev–Trinajstić information content (AvgIpc) is 3.00. The minimum atomic E-state index is 0.0751. The molecule has 136 valence electrons. The molecule has 3 saturated heterocycles. The lowest BCUT2D eigenvalue weighted by molar-refractivity contribution is 0.0735. The number of amides is 1.